The molecule has 0 amide bonds. The Labute approximate surface area is 138 Å². The molecule has 3 atom stereocenters. The first-order valence-corrected chi connectivity index (χ1v) is 10.2. The van der Waals surface area contributed by atoms with Crippen molar-refractivity contribution < 1.29 is 12.9 Å². The second kappa shape index (κ2) is 5.43. The zero-order valence-electron chi connectivity index (χ0n) is 14.4. The lowest BCUT2D eigenvalue weighted by molar-refractivity contribution is 0.145. The van der Waals surface area contributed by atoms with E-state index in [1.807, 2.05) is 6.08 Å². The fourth-order valence-corrected chi connectivity index (χ4v) is 5.53. The molecule has 1 aliphatic carbocycles. The van der Waals surface area contributed by atoms with Crippen molar-refractivity contribution >= 4 is 15.9 Å². The van der Waals surface area contributed by atoms with Crippen LogP contribution in [0.3, 0.4) is 0 Å². The minimum atomic E-state index is -2.93. The van der Waals surface area contributed by atoms with Crippen LogP contribution in [-0.2, 0) is 9.84 Å². The van der Waals surface area contributed by atoms with Crippen LogP contribution in [0.25, 0.3) is 6.08 Å². The van der Waals surface area contributed by atoms with E-state index in [1.54, 1.807) is 0 Å². The molecule has 2 aliphatic rings. The molecule has 1 saturated carbocycles. The van der Waals surface area contributed by atoms with Crippen LogP contribution >= 0.6 is 0 Å². The third-order valence-corrected chi connectivity index (χ3v) is 8.22. The molecule has 128 valence electrons. The molecule has 1 aliphatic heterocycles. The Morgan fingerprint density at radius 3 is 2.57 bits per heavy atom. The summed E-state index contributed by atoms with van der Waals surface area (Å²) in [6.07, 6.45) is 7.06. The summed E-state index contributed by atoms with van der Waals surface area (Å²) in [6.45, 7) is 9.23. The average molecular weight is 338 g/mol. The number of rotatable bonds is 3. The second-order valence-corrected chi connectivity index (χ2v) is 10.2. The molecule has 1 saturated heterocycles. The van der Waals surface area contributed by atoms with Crippen molar-refractivity contribution in [1.29, 1.82) is 0 Å². The van der Waals surface area contributed by atoms with E-state index in [1.165, 1.54) is 6.42 Å². The van der Waals surface area contributed by atoms with Gasteiger partial charge in [-0.15, -0.1) is 0 Å². The van der Waals surface area contributed by atoms with Crippen molar-refractivity contribution in [1.82, 2.24) is 10.1 Å². The van der Waals surface area contributed by atoms with Crippen LogP contribution in [0, 0.1) is 16.7 Å². The first kappa shape index (κ1) is 16.7. The molecular formula is C17H26N2O3S. The number of hydrogen-bond donors (Lipinski definition) is 0. The highest BCUT2D eigenvalue weighted by Crippen LogP contribution is 2.56. The Hall–Kier alpha value is -1.17. The second-order valence-electron chi connectivity index (χ2n) is 8.00. The quantitative estimate of drug-likeness (QED) is 0.844. The Morgan fingerprint density at radius 1 is 1.26 bits per heavy atom. The van der Waals surface area contributed by atoms with Gasteiger partial charge in [0.2, 0.25) is 5.89 Å². The molecule has 6 heteroatoms. The topological polar surface area (TPSA) is 73.1 Å². The molecule has 3 unspecified atom stereocenters. The predicted molar refractivity (Wildman–Crippen MR) is 89.6 cm³/mol. The molecule has 5 nitrogen and oxygen atoms in total. The molecule has 1 aromatic heterocycles. The van der Waals surface area contributed by atoms with E-state index in [9.17, 15) is 8.42 Å². The van der Waals surface area contributed by atoms with Gasteiger partial charge in [-0.1, -0.05) is 38.9 Å². The maximum atomic E-state index is 11.6. The lowest BCUT2D eigenvalue weighted by Gasteiger charge is -2.38. The van der Waals surface area contributed by atoms with E-state index in [-0.39, 0.29) is 28.3 Å². The summed E-state index contributed by atoms with van der Waals surface area (Å²) < 4.78 is 28.4. The van der Waals surface area contributed by atoms with Gasteiger partial charge in [-0.2, -0.15) is 4.98 Å². The summed E-state index contributed by atoms with van der Waals surface area (Å²) >= 11 is 0. The molecule has 0 bridgehead atoms. The van der Waals surface area contributed by atoms with Crippen molar-refractivity contribution in [2.24, 2.45) is 16.7 Å². The minimum absolute atomic E-state index is 0.109. The van der Waals surface area contributed by atoms with Crippen molar-refractivity contribution in [3.8, 4) is 0 Å². The highest BCUT2D eigenvalue weighted by atomic mass is 32.2. The number of allylic oxidation sites excluding steroid dienone is 1. The van der Waals surface area contributed by atoms with Gasteiger partial charge >= 0.3 is 0 Å². The summed E-state index contributed by atoms with van der Waals surface area (Å²) in [5.74, 6) is 1.92. The molecule has 3 rings (SSSR count). The highest BCUT2D eigenvalue weighted by molar-refractivity contribution is 7.91. The van der Waals surface area contributed by atoms with Gasteiger partial charge < -0.3 is 4.52 Å². The molecule has 2 fully saturated rings. The van der Waals surface area contributed by atoms with E-state index in [0.717, 1.165) is 6.42 Å². The van der Waals surface area contributed by atoms with E-state index in [4.69, 9.17) is 4.52 Å². The van der Waals surface area contributed by atoms with Crippen LogP contribution in [0.1, 0.15) is 64.6 Å². The maximum Gasteiger partial charge on any atom is 0.250 e. The molecule has 0 radical (unpaired) electrons. The zero-order valence-corrected chi connectivity index (χ0v) is 15.2. The molecule has 23 heavy (non-hydrogen) atoms. The lowest BCUT2D eigenvalue weighted by atomic mass is 9.66. The van der Waals surface area contributed by atoms with Gasteiger partial charge in [0.15, 0.2) is 15.7 Å². The summed E-state index contributed by atoms with van der Waals surface area (Å²) in [6, 6.07) is 0. The molecule has 0 N–H and O–H groups in total. The van der Waals surface area contributed by atoms with Gasteiger partial charge in [0, 0.05) is 5.92 Å². The number of nitrogens with zero attached hydrogens (tertiary/aromatic N) is 2. The van der Waals surface area contributed by atoms with Crippen molar-refractivity contribution in [2.75, 3.05) is 11.5 Å². The molecule has 0 aromatic carbocycles. The van der Waals surface area contributed by atoms with Crippen molar-refractivity contribution in [3.05, 3.63) is 17.8 Å². The van der Waals surface area contributed by atoms with Crippen molar-refractivity contribution in [2.45, 2.75) is 52.9 Å². The van der Waals surface area contributed by atoms with Crippen LogP contribution in [0.4, 0.5) is 0 Å². The summed E-state index contributed by atoms with van der Waals surface area (Å²) in [7, 11) is -2.93. The van der Waals surface area contributed by atoms with E-state index < -0.39 is 9.84 Å². The monoisotopic (exact) mass is 338 g/mol. The standard InChI is InChI=1S/C17H26N2O3S/c1-12-5-8-17(4,16(12,2)3)9-6-14-18-15(19-22-14)13-7-10-23(20,21)11-13/h6,9,12-13H,5,7-8,10-11H2,1-4H3. The first-order chi connectivity index (χ1) is 10.6. The van der Waals surface area contributed by atoms with Gasteiger partial charge in [0.05, 0.1) is 11.5 Å². The van der Waals surface area contributed by atoms with Crippen molar-refractivity contribution in [3.63, 3.8) is 0 Å². The van der Waals surface area contributed by atoms with Gasteiger partial charge in [-0.25, -0.2) is 8.42 Å². The largest absolute Gasteiger partial charge is 0.335 e. The zero-order chi connectivity index (χ0) is 16.9. The van der Waals surface area contributed by atoms with Crippen LogP contribution in [0.5, 0.6) is 0 Å². The maximum absolute atomic E-state index is 11.6. The Kier molecular flexibility index (Phi) is 3.94. The van der Waals surface area contributed by atoms with Crippen LogP contribution < -0.4 is 0 Å². The lowest BCUT2D eigenvalue weighted by Crippen LogP contribution is -2.31. The van der Waals surface area contributed by atoms with E-state index in [0.29, 0.717) is 24.1 Å². The molecule has 2 heterocycles. The Morgan fingerprint density at radius 2 is 2.00 bits per heavy atom. The summed E-state index contributed by atoms with van der Waals surface area (Å²) in [5, 5.41) is 3.98. The third-order valence-electron chi connectivity index (χ3n) is 6.45. The van der Waals surface area contributed by atoms with Gasteiger partial charge in [0.1, 0.15) is 0 Å². The van der Waals surface area contributed by atoms with Gasteiger partial charge in [0.25, 0.3) is 0 Å². The van der Waals surface area contributed by atoms with E-state index >= 15 is 0 Å². The Bertz CT molecular complexity index is 720. The third kappa shape index (κ3) is 2.97. The van der Waals surface area contributed by atoms with Gasteiger partial charge in [-0.05, 0) is 42.1 Å². The molecular weight excluding hydrogens is 312 g/mol. The first-order valence-electron chi connectivity index (χ1n) is 8.36. The molecule has 1 aromatic rings. The van der Waals surface area contributed by atoms with Crippen LogP contribution in [0.2, 0.25) is 0 Å². The number of aromatic nitrogens is 2. The molecule has 0 spiro atoms. The fraction of sp³-hybridized carbons (Fsp3) is 0.765. The average Bonchev–Trinajstić information content (AvgIpc) is 3.12. The Balaban J connectivity index is 1.75. The minimum Gasteiger partial charge on any atom is -0.335 e. The predicted octanol–water partition coefficient (Wildman–Crippen LogP) is 3.45. The van der Waals surface area contributed by atoms with E-state index in [2.05, 4.69) is 43.9 Å². The summed E-state index contributed by atoms with van der Waals surface area (Å²) in [4.78, 5) is 4.39. The number of sulfone groups is 1. The normalized spacial score (nSPS) is 36.0. The number of hydrogen-bond acceptors (Lipinski definition) is 5. The van der Waals surface area contributed by atoms with Crippen LogP contribution in [-0.4, -0.2) is 30.1 Å². The SMILES string of the molecule is CC1CCC(C)(C=Cc2nc(C3CCS(=O)(=O)C3)no2)C1(C)C. The van der Waals surface area contributed by atoms with Crippen LogP contribution in [0.15, 0.2) is 10.6 Å². The smallest absolute Gasteiger partial charge is 0.250 e. The highest BCUT2D eigenvalue weighted by Gasteiger charge is 2.47. The van der Waals surface area contributed by atoms with Gasteiger partial charge in [-0.3, -0.25) is 0 Å². The summed E-state index contributed by atoms with van der Waals surface area (Å²) in [5.41, 5.74) is 0.337. The fourth-order valence-electron chi connectivity index (χ4n) is 3.79.